The van der Waals surface area contributed by atoms with Crippen LogP contribution in [-0.2, 0) is 4.79 Å². The van der Waals surface area contributed by atoms with Gasteiger partial charge >= 0.3 is 5.97 Å². The average molecular weight is 269 g/mol. The van der Waals surface area contributed by atoms with E-state index < -0.39 is 11.4 Å². The molecule has 0 radical (unpaired) electrons. The number of piperidine rings is 1. The second kappa shape index (κ2) is 7.88. The van der Waals surface area contributed by atoms with E-state index in [1.807, 2.05) is 0 Å². The zero-order valence-corrected chi connectivity index (χ0v) is 13.0. The molecule has 3 nitrogen and oxygen atoms in total. The minimum Gasteiger partial charge on any atom is -0.481 e. The van der Waals surface area contributed by atoms with Gasteiger partial charge < -0.3 is 10.0 Å². The van der Waals surface area contributed by atoms with Crippen LogP contribution >= 0.6 is 0 Å². The van der Waals surface area contributed by atoms with Gasteiger partial charge in [0.1, 0.15) is 0 Å². The molecule has 1 heterocycles. The molecule has 1 saturated heterocycles. The first-order valence-corrected chi connectivity index (χ1v) is 8.03. The van der Waals surface area contributed by atoms with Crippen LogP contribution in [-0.4, -0.2) is 35.1 Å². The van der Waals surface area contributed by atoms with Crippen molar-refractivity contribution in [3.63, 3.8) is 0 Å². The summed E-state index contributed by atoms with van der Waals surface area (Å²) in [5.74, 6) is -0.576. The van der Waals surface area contributed by atoms with Crippen molar-refractivity contribution in [3.8, 4) is 0 Å². The normalized spacial score (nSPS) is 21.2. The highest BCUT2D eigenvalue weighted by Gasteiger charge is 2.41. The van der Waals surface area contributed by atoms with Crippen LogP contribution in [0.5, 0.6) is 0 Å². The van der Waals surface area contributed by atoms with Gasteiger partial charge in [-0.05, 0) is 45.7 Å². The van der Waals surface area contributed by atoms with Gasteiger partial charge in [-0.2, -0.15) is 0 Å². The maximum Gasteiger partial charge on any atom is 0.309 e. The number of aliphatic carboxylic acids is 1. The summed E-state index contributed by atoms with van der Waals surface area (Å²) in [6.45, 7) is 8.53. The highest BCUT2D eigenvalue weighted by Crippen LogP contribution is 2.37. The number of hydrogen-bond acceptors (Lipinski definition) is 2. The van der Waals surface area contributed by atoms with Crippen LogP contribution in [0.25, 0.3) is 0 Å². The summed E-state index contributed by atoms with van der Waals surface area (Å²) >= 11 is 0. The molecule has 0 spiro atoms. The second-order valence-corrected chi connectivity index (χ2v) is 6.22. The molecule has 0 aliphatic carbocycles. The Labute approximate surface area is 118 Å². The van der Waals surface area contributed by atoms with Gasteiger partial charge in [-0.3, -0.25) is 4.79 Å². The van der Waals surface area contributed by atoms with Gasteiger partial charge in [0.15, 0.2) is 0 Å². The number of carboxylic acids is 1. The van der Waals surface area contributed by atoms with Crippen molar-refractivity contribution in [1.82, 2.24) is 4.90 Å². The van der Waals surface area contributed by atoms with Crippen molar-refractivity contribution in [1.29, 1.82) is 0 Å². The molecule has 0 aromatic heterocycles. The zero-order valence-electron chi connectivity index (χ0n) is 13.0. The molecule has 1 rings (SSSR count). The monoisotopic (exact) mass is 269 g/mol. The Morgan fingerprint density at radius 2 is 1.84 bits per heavy atom. The third kappa shape index (κ3) is 4.48. The SMILES string of the molecule is CCCCCC(C)N1CCC(CCC)(C(=O)O)CC1. The van der Waals surface area contributed by atoms with Crippen molar-refractivity contribution < 1.29 is 9.90 Å². The van der Waals surface area contributed by atoms with Gasteiger partial charge in [-0.15, -0.1) is 0 Å². The average Bonchev–Trinajstić information content (AvgIpc) is 2.40. The summed E-state index contributed by atoms with van der Waals surface area (Å²) in [6.07, 6.45) is 8.59. The van der Waals surface area contributed by atoms with Crippen LogP contribution in [0.15, 0.2) is 0 Å². The number of hydrogen-bond donors (Lipinski definition) is 1. The van der Waals surface area contributed by atoms with Gasteiger partial charge in [-0.1, -0.05) is 39.5 Å². The molecule has 0 amide bonds. The van der Waals surface area contributed by atoms with E-state index in [1.54, 1.807) is 0 Å². The van der Waals surface area contributed by atoms with Gasteiger partial charge in [0.25, 0.3) is 0 Å². The molecule has 1 aliphatic rings. The number of carboxylic acid groups (broad SMARTS) is 1. The quantitative estimate of drug-likeness (QED) is 0.679. The summed E-state index contributed by atoms with van der Waals surface area (Å²) in [7, 11) is 0. The summed E-state index contributed by atoms with van der Waals surface area (Å²) in [5.41, 5.74) is -0.436. The highest BCUT2D eigenvalue weighted by molar-refractivity contribution is 5.74. The number of nitrogens with zero attached hydrogens (tertiary/aromatic N) is 1. The van der Waals surface area contributed by atoms with Crippen molar-refractivity contribution in [2.45, 2.75) is 78.2 Å². The first kappa shape index (κ1) is 16.5. The molecule has 0 aromatic rings. The second-order valence-electron chi connectivity index (χ2n) is 6.22. The first-order valence-electron chi connectivity index (χ1n) is 8.03. The molecule has 0 aromatic carbocycles. The Morgan fingerprint density at radius 1 is 1.21 bits per heavy atom. The van der Waals surface area contributed by atoms with Crippen molar-refractivity contribution in [2.24, 2.45) is 5.41 Å². The first-order chi connectivity index (χ1) is 9.05. The highest BCUT2D eigenvalue weighted by atomic mass is 16.4. The molecule has 112 valence electrons. The molecule has 0 bridgehead atoms. The maximum absolute atomic E-state index is 11.5. The van der Waals surface area contributed by atoms with E-state index in [4.69, 9.17) is 0 Å². The third-order valence-corrected chi connectivity index (χ3v) is 4.79. The van der Waals surface area contributed by atoms with Gasteiger partial charge in [0.2, 0.25) is 0 Å². The van der Waals surface area contributed by atoms with Gasteiger partial charge in [-0.25, -0.2) is 0 Å². The molecular weight excluding hydrogens is 238 g/mol. The summed E-state index contributed by atoms with van der Waals surface area (Å²) in [4.78, 5) is 14.0. The molecular formula is C16H31NO2. The molecule has 1 unspecified atom stereocenters. The summed E-state index contributed by atoms with van der Waals surface area (Å²) < 4.78 is 0. The van der Waals surface area contributed by atoms with E-state index in [2.05, 4.69) is 25.7 Å². The Hall–Kier alpha value is -0.570. The Kier molecular flexibility index (Phi) is 6.84. The van der Waals surface area contributed by atoms with Crippen LogP contribution in [0, 0.1) is 5.41 Å². The number of rotatable bonds is 8. The van der Waals surface area contributed by atoms with Crippen LogP contribution in [0.4, 0.5) is 0 Å². The van der Waals surface area contributed by atoms with Crippen molar-refractivity contribution in [2.75, 3.05) is 13.1 Å². The van der Waals surface area contributed by atoms with Crippen LogP contribution in [0.1, 0.15) is 72.1 Å². The number of likely N-dealkylation sites (tertiary alicyclic amines) is 1. The largest absolute Gasteiger partial charge is 0.481 e. The van der Waals surface area contributed by atoms with Crippen LogP contribution < -0.4 is 0 Å². The van der Waals surface area contributed by atoms with Crippen molar-refractivity contribution >= 4 is 5.97 Å². The van der Waals surface area contributed by atoms with E-state index in [-0.39, 0.29) is 0 Å². The van der Waals surface area contributed by atoms with E-state index >= 15 is 0 Å². The van der Waals surface area contributed by atoms with Crippen LogP contribution in [0.2, 0.25) is 0 Å². The smallest absolute Gasteiger partial charge is 0.309 e. The molecule has 0 saturated carbocycles. The zero-order chi connectivity index (χ0) is 14.3. The molecule has 19 heavy (non-hydrogen) atoms. The fourth-order valence-corrected chi connectivity index (χ4v) is 3.31. The Balaban J connectivity index is 2.44. The lowest BCUT2D eigenvalue weighted by Gasteiger charge is -2.41. The summed E-state index contributed by atoms with van der Waals surface area (Å²) in [6, 6.07) is 0.611. The molecule has 3 heteroatoms. The standard InChI is InChI=1S/C16H31NO2/c1-4-6-7-8-14(3)17-12-10-16(9-5-2,11-13-17)15(18)19/h14H,4-13H2,1-3H3,(H,18,19). The lowest BCUT2D eigenvalue weighted by atomic mass is 9.74. The molecule has 1 fully saturated rings. The number of carbonyl (C=O) groups is 1. The van der Waals surface area contributed by atoms with E-state index in [9.17, 15) is 9.90 Å². The molecule has 1 N–H and O–H groups in total. The topological polar surface area (TPSA) is 40.5 Å². The fraction of sp³-hybridized carbons (Fsp3) is 0.938. The van der Waals surface area contributed by atoms with Crippen molar-refractivity contribution in [3.05, 3.63) is 0 Å². The predicted octanol–water partition coefficient (Wildman–Crippen LogP) is 3.92. The summed E-state index contributed by atoms with van der Waals surface area (Å²) in [5, 5.41) is 9.50. The van der Waals surface area contributed by atoms with Gasteiger partial charge in [0, 0.05) is 6.04 Å². The maximum atomic E-state index is 11.5. The van der Waals surface area contributed by atoms with Gasteiger partial charge in [0.05, 0.1) is 5.41 Å². The number of unbranched alkanes of at least 4 members (excludes halogenated alkanes) is 2. The van der Waals surface area contributed by atoms with Crippen LogP contribution in [0.3, 0.4) is 0 Å². The Morgan fingerprint density at radius 3 is 2.32 bits per heavy atom. The lowest BCUT2D eigenvalue weighted by Crippen LogP contribution is -2.47. The molecule has 1 atom stereocenters. The van der Waals surface area contributed by atoms with E-state index in [0.29, 0.717) is 6.04 Å². The lowest BCUT2D eigenvalue weighted by molar-refractivity contribution is -0.153. The third-order valence-electron chi connectivity index (χ3n) is 4.79. The minimum absolute atomic E-state index is 0.436. The minimum atomic E-state index is -0.576. The Bertz CT molecular complexity index is 270. The molecule has 1 aliphatic heterocycles. The fourth-order valence-electron chi connectivity index (χ4n) is 3.31. The predicted molar refractivity (Wildman–Crippen MR) is 79.4 cm³/mol. The van der Waals surface area contributed by atoms with E-state index in [0.717, 1.165) is 38.8 Å². The van der Waals surface area contributed by atoms with E-state index in [1.165, 1.54) is 25.7 Å².